The van der Waals surface area contributed by atoms with Crippen LogP contribution in [-0.4, -0.2) is 20.0 Å². The van der Waals surface area contributed by atoms with Crippen molar-refractivity contribution >= 4 is 0 Å². The zero-order valence-electron chi connectivity index (χ0n) is 12.8. The summed E-state index contributed by atoms with van der Waals surface area (Å²) in [6, 6.07) is 0. The average Bonchev–Trinajstić information content (AvgIpc) is 2.38. The minimum atomic E-state index is -0.535. The molecule has 0 aliphatic heterocycles. The number of hydrogen-bond acceptors (Lipinski definition) is 3. The first-order chi connectivity index (χ1) is 8.74. The van der Waals surface area contributed by atoms with E-state index in [-0.39, 0.29) is 0 Å². The maximum absolute atomic E-state index is 5.52. The lowest BCUT2D eigenvalue weighted by molar-refractivity contribution is -0.416. The Labute approximate surface area is 113 Å². The molecular weight excluding hydrogens is 228 g/mol. The fraction of sp³-hybridized carbons (Fsp3) is 1.00. The molecule has 0 rings (SSSR count). The van der Waals surface area contributed by atoms with E-state index in [0.717, 1.165) is 25.7 Å². The summed E-state index contributed by atoms with van der Waals surface area (Å²) in [6.45, 7) is 4.39. The van der Waals surface area contributed by atoms with E-state index in [1.54, 1.807) is 14.2 Å². The van der Waals surface area contributed by atoms with Gasteiger partial charge in [-0.1, -0.05) is 58.8 Å². The molecule has 3 heteroatoms. The molecule has 1 unspecified atom stereocenters. The van der Waals surface area contributed by atoms with Gasteiger partial charge >= 0.3 is 0 Å². The second kappa shape index (κ2) is 11.9. The third-order valence-corrected chi connectivity index (χ3v) is 3.40. The Bertz CT molecular complexity index is 165. The van der Waals surface area contributed by atoms with E-state index < -0.39 is 5.79 Å². The van der Waals surface area contributed by atoms with Crippen molar-refractivity contribution in [3.63, 3.8) is 0 Å². The first kappa shape index (κ1) is 17.9. The van der Waals surface area contributed by atoms with Crippen molar-refractivity contribution in [1.29, 1.82) is 0 Å². The van der Waals surface area contributed by atoms with E-state index in [2.05, 4.69) is 13.8 Å². The van der Waals surface area contributed by atoms with Crippen molar-refractivity contribution in [2.75, 3.05) is 14.2 Å². The molecule has 0 saturated carbocycles. The highest BCUT2D eigenvalue weighted by Gasteiger charge is 2.30. The van der Waals surface area contributed by atoms with Crippen LogP contribution in [0.2, 0.25) is 0 Å². The van der Waals surface area contributed by atoms with E-state index in [1.165, 1.54) is 38.5 Å². The van der Waals surface area contributed by atoms with Crippen molar-refractivity contribution in [1.82, 2.24) is 0 Å². The van der Waals surface area contributed by atoms with Crippen LogP contribution in [0.1, 0.15) is 78.1 Å². The van der Waals surface area contributed by atoms with E-state index in [9.17, 15) is 0 Å². The van der Waals surface area contributed by atoms with Crippen LogP contribution < -0.4 is 0 Å². The Balaban J connectivity index is 3.75. The van der Waals surface area contributed by atoms with E-state index in [1.807, 2.05) is 0 Å². The molecule has 0 aromatic heterocycles. The minimum Gasteiger partial charge on any atom is -0.351 e. The zero-order chi connectivity index (χ0) is 13.7. The van der Waals surface area contributed by atoms with Crippen molar-refractivity contribution in [3.05, 3.63) is 0 Å². The summed E-state index contributed by atoms with van der Waals surface area (Å²) in [5.74, 6) is -0.535. The molecule has 0 radical (unpaired) electrons. The molecule has 0 saturated heterocycles. The molecule has 0 heterocycles. The SMILES string of the molecule is CCCCCCCCCC(CCC)(OC)OOC. The standard InChI is InChI=1S/C15H32O3/c1-5-7-8-9-10-11-12-14-15(16-3,13-6-2)18-17-4/h5-14H2,1-4H3. The molecule has 110 valence electrons. The lowest BCUT2D eigenvalue weighted by Gasteiger charge is -2.30. The molecule has 18 heavy (non-hydrogen) atoms. The summed E-state index contributed by atoms with van der Waals surface area (Å²) in [5.41, 5.74) is 0. The van der Waals surface area contributed by atoms with Crippen molar-refractivity contribution < 1.29 is 14.5 Å². The number of methoxy groups -OCH3 is 1. The summed E-state index contributed by atoms with van der Waals surface area (Å²) in [4.78, 5) is 10.2. The molecule has 0 aliphatic carbocycles. The first-order valence-corrected chi connectivity index (χ1v) is 7.51. The largest absolute Gasteiger partial charge is 0.351 e. The Morgan fingerprint density at radius 1 is 0.722 bits per heavy atom. The van der Waals surface area contributed by atoms with Crippen LogP contribution in [0, 0.1) is 0 Å². The van der Waals surface area contributed by atoms with Gasteiger partial charge in [0.25, 0.3) is 0 Å². The summed E-state index contributed by atoms with van der Waals surface area (Å²) < 4.78 is 5.52. The van der Waals surface area contributed by atoms with Gasteiger partial charge in [0.05, 0.1) is 7.11 Å². The monoisotopic (exact) mass is 260 g/mol. The summed E-state index contributed by atoms with van der Waals surface area (Å²) >= 11 is 0. The molecule has 0 aromatic rings. The van der Waals surface area contributed by atoms with Gasteiger partial charge in [-0.3, -0.25) is 0 Å². The normalized spacial score (nSPS) is 14.7. The predicted octanol–water partition coefficient (Wildman–Crippen LogP) is 4.85. The Morgan fingerprint density at radius 3 is 1.83 bits per heavy atom. The zero-order valence-corrected chi connectivity index (χ0v) is 12.8. The van der Waals surface area contributed by atoms with Crippen LogP contribution in [0.15, 0.2) is 0 Å². The molecular formula is C15H32O3. The highest BCUT2D eigenvalue weighted by molar-refractivity contribution is 4.67. The highest BCUT2D eigenvalue weighted by Crippen LogP contribution is 2.26. The molecule has 0 spiro atoms. The second-order valence-corrected chi connectivity index (χ2v) is 4.99. The summed E-state index contributed by atoms with van der Waals surface area (Å²) in [7, 11) is 3.25. The van der Waals surface area contributed by atoms with E-state index in [4.69, 9.17) is 14.5 Å². The number of rotatable bonds is 13. The molecule has 0 aromatic carbocycles. The Hall–Kier alpha value is -0.120. The van der Waals surface area contributed by atoms with Crippen LogP contribution in [0.4, 0.5) is 0 Å². The van der Waals surface area contributed by atoms with Gasteiger partial charge < -0.3 is 4.74 Å². The molecule has 0 fully saturated rings. The maximum Gasteiger partial charge on any atom is 0.201 e. The Morgan fingerprint density at radius 2 is 1.33 bits per heavy atom. The van der Waals surface area contributed by atoms with Gasteiger partial charge in [0.1, 0.15) is 0 Å². The quantitative estimate of drug-likeness (QED) is 0.205. The van der Waals surface area contributed by atoms with Crippen molar-refractivity contribution in [2.45, 2.75) is 83.8 Å². The van der Waals surface area contributed by atoms with E-state index in [0.29, 0.717) is 0 Å². The van der Waals surface area contributed by atoms with Gasteiger partial charge in [-0.05, 0) is 6.42 Å². The predicted molar refractivity (Wildman–Crippen MR) is 75.4 cm³/mol. The fourth-order valence-electron chi connectivity index (χ4n) is 2.33. The number of unbranched alkanes of at least 4 members (excludes halogenated alkanes) is 6. The van der Waals surface area contributed by atoms with Gasteiger partial charge in [-0.25, -0.2) is 9.78 Å². The van der Waals surface area contributed by atoms with Crippen molar-refractivity contribution in [3.8, 4) is 0 Å². The van der Waals surface area contributed by atoms with Crippen LogP contribution in [0.25, 0.3) is 0 Å². The molecule has 0 amide bonds. The van der Waals surface area contributed by atoms with Crippen LogP contribution >= 0.6 is 0 Å². The summed E-state index contributed by atoms with van der Waals surface area (Å²) in [6.07, 6.45) is 11.9. The average molecular weight is 260 g/mol. The third-order valence-electron chi connectivity index (χ3n) is 3.40. The van der Waals surface area contributed by atoms with Gasteiger partial charge in [-0.2, -0.15) is 0 Å². The van der Waals surface area contributed by atoms with Gasteiger partial charge in [-0.15, -0.1) is 0 Å². The smallest absolute Gasteiger partial charge is 0.201 e. The first-order valence-electron chi connectivity index (χ1n) is 7.51. The van der Waals surface area contributed by atoms with Crippen molar-refractivity contribution in [2.24, 2.45) is 0 Å². The molecule has 0 aliphatic rings. The lowest BCUT2D eigenvalue weighted by Crippen LogP contribution is -2.34. The Kier molecular flexibility index (Phi) is 11.9. The minimum absolute atomic E-state index is 0.535. The second-order valence-electron chi connectivity index (χ2n) is 4.99. The fourth-order valence-corrected chi connectivity index (χ4v) is 2.33. The molecule has 0 bridgehead atoms. The van der Waals surface area contributed by atoms with E-state index >= 15 is 0 Å². The lowest BCUT2D eigenvalue weighted by atomic mass is 10.0. The molecule has 0 N–H and O–H groups in total. The number of ether oxygens (including phenoxy) is 1. The summed E-state index contributed by atoms with van der Waals surface area (Å²) in [5, 5.41) is 0. The molecule has 3 nitrogen and oxygen atoms in total. The molecule has 1 atom stereocenters. The van der Waals surface area contributed by atoms with Crippen LogP contribution in [-0.2, 0) is 14.5 Å². The number of hydrogen-bond donors (Lipinski definition) is 0. The van der Waals surface area contributed by atoms with Crippen LogP contribution in [0.5, 0.6) is 0 Å². The maximum atomic E-state index is 5.52. The third kappa shape index (κ3) is 8.06. The van der Waals surface area contributed by atoms with Gasteiger partial charge in [0.2, 0.25) is 5.79 Å². The van der Waals surface area contributed by atoms with Crippen LogP contribution in [0.3, 0.4) is 0 Å². The van der Waals surface area contributed by atoms with Gasteiger partial charge in [0.15, 0.2) is 0 Å². The topological polar surface area (TPSA) is 27.7 Å². The van der Waals surface area contributed by atoms with Gasteiger partial charge in [0, 0.05) is 20.0 Å². The highest BCUT2D eigenvalue weighted by atomic mass is 17.2.